The molecule has 0 bridgehead atoms. The quantitative estimate of drug-likeness (QED) is 0.852. The van der Waals surface area contributed by atoms with Crippen LogP contribution in [0.3, 0.4) is 0 Å². The molecule has 19 heavy (non-hydrogen) atoms. The van der Waals surface area contributed by atoms with E-state index in [1.165, 1.54) is 26.4 Å². The summed E-state index contributed by atoms with van der Waals surface area (Å²) < 4.78 is 10.2. The fourth-order valence-electron chi connectivity index (χ4n) is 3.13. The summed E-state index contributed by atoms with van der Waals surface area (Å²) in [7, 11) is 1.34. The van der Waals surface area contributed by atoms with Gasteiger partial charge >= 0.3 is 5.97 Å². The maximum atomic E-state index is 11.4. The van der Waals surface area contributed by atoms with Gasteiger partial charge in [-0.25, -0.2) is 4.79 Å². The number of ether oxygens (including phenoxy) is 1. The van der Waals surface area contributed by atoms with Crippen molar-refractivity contribution in [2.45, 2.75) is 45.6 Å². The van der Waals surface area contributed by atoms with Gasteiger partial charge in [0.1, 0.15) is 5.76 Å². The molecule has 2 N–H and O–H groups in total. The lowest BCUT2D eigenvalue weighted by molar-refractivity contribution is 0.0557. The van der Waals surface area contributed by atoms with Crippen LogP contribution < -0.4 is 5.73 Å². The van der Waals surface area contributed by atoms with Crippen molar-refractivity contribution >= 4 is 5.97 Å². The summed E-state index contributed by atoms with van der Waals surface area (Å²) in [5, 5.41) is 0. The van der Waals surface area contributed by atoms with Gasteiger partial charge in [-0.2, -0.15) is 0 Å². The Balaban J connectivity index is 2.16. The second kappa shape index (κ2) is 5.37. The summed E-state index contributed by atoms with van der Waals surface area (Å²) in [5.74, 6) is 0.834. The summed E-state index contributed by atoms with van der Waals surface area (Å²) in [5.41, 5.74) is 6.57. The van der Waals surface area contributed by atoms with Gasteiger partial charge < -0.3 is 14.9 Å². The van der Waals surface area contributed by atoms with Crippen LogP contribution in [0.2, 0.25) is 0 Å². The number of methoxy groups -OCH3 is 1. The van der Waals surface area contributed by atoms with Crippen molar-refractivity contribution in [3.8, 4) is 0 Å². The lowest BCUT2D eigenvalue weighted by atomic mass is 9.65. The molecule has 1 aromatic heterocycles. The van der Waals surface area contributed by atoms with E-state index in [2.05, 4.69) is 18.6 Å². The van der Waals surface area contributed by atoms with Crippen molar-refractivity contribution in [2.24, 2.45) is 17.1 Å². The van der Waals surface area contributed by atoms with E-state index >= 15 is 0 Å². The van der Waals surface area contributed by atoms with Gasteiger partial charge in [0, 0.05) is 0 Å². The Kier molecular flexibility index (Phi) is 3.99. The van der Waals surface area contributed by atoms with E-state index in [9.17, 15) is 4.79 Å². The summed E-state index contributed by atoms with van der Waals surface area (Å²) >= 11 is 0. The average Bonchev–Trinajstić information content (AvgIpc) is 2.86. The third-order valence-electron chi connectivity index (χ3n) is 4.37. The minimum absolute atomic E-state index is 0.159. The summed E-state index contributed by atoms with van der Waals surface area (Å²) in [6, 6.07) is 3.27. The van der Waals surface area contributed by atoms with E-state index in [0.717, 1.165) is 6.42 Å². The highest BCUT2D eigenvalue weighted by Gasteiger charge is 2.37. The fraction of sp³-hybridized carbons (Fsp3) is 0.667. The van der Waals surface area contributed by atoms with E-state index in [-0.39, 0.29) is 17.2 Å². The molecule has 0 amide bonds. The third-order valence-corrected chi connectivity index (χ3v) is 4.37. The van der Waals surface area contributed by atoms with Crippen LogP contribution in [0.15, 0.2) is 16.5 Å². The molecule has 1 heterocycles. The predicted octanol–water partition coefficient (Wildman–Crippen LogP) is 3.28. The molecule has 4 nitrogen and oxygen atoms in total. The molecule has 2 unspecified atom stereocenters. The number of furan rings is 1. The van der Waals surface area contributed by atoms with Gasteiger partial charge in [0.15, 0.2) is 0 Å². The first kappa shape index (κ1) is 14.1. The monoisotopic (exact) mass is 265 g/mol. The molecule has 1 aliphatic carbocycles. The maximum Gasteiger partial charge on any atom is 0.373 e. The normalized spacial score (nSPS) is 23.9. The minimum atomic E-state index is -0.457. The van der Waals surface area contributed by atoms with Crippen molar-refractivity contribution < 1.29 is 13.9 Å². The highest BCUT2D eigenvalue weighted by molar-refractivity contribution is 5.86. The second-order valence-corrected chi connectivity index (χ2v) is 6.06. The standard InChI is InChI=1S/C15H23NO3/c1-15(2)9-5-4-6-10(15)13(16)11-7-8-12(19-11)14(17)18-3/h7-8,10,13H,4-6,9,16H2,1-3H3. The van der Waals surface area contributed by atoms with E-state index < -0.39 is 5.97 Å². The number of esters is 1. The van der Waals surface area contributed by atoms with Gasteiger partial charge in [0.05, 0.1) is 13.2 Å². The zero-order chi connectivity index (χ0) is 14.0. The summed E-state index contributed by atoms with van der Waals surface area (Å²) in [6.45, 7) is 4.53. The zero-order valence-electron chi connectivity index (χ0n) is 11.9. The molecule has 0 aromatic carbocycles. The molecule has 2 atom stereocenters. The fourth-order valence-corrected chi connectivity index (χ4v) is 3.13. The van der Waals surface area contributed by atoms with Gasteiger partial charge in [-0.1, -0.05) is 26.7 Å². The molecule has 2 rings (SSSR count). The van der Waals surface area contributed by atoms with Crippen molar-refractivity contribution in [3.63, 3.8) is 0 Å². The highest BCUT2D eigenvalue weighted by Crippen LogP contribution is 2.46. The minimum Gasteiger partial charge on any atom is -0.463 e. The Bertz CT molecular complexity index is 450. The Morgan fingerprint density at radius 1 is 1.47 bits per heavy atom. The number of hydrogen-bond acceptors (Lipinski definition) is 4. The van der Waals surface area contributed by atoms with Crippen molar-refractivity contribution in [3.05, 3.63) is 23.7 Å². The van der Waals surface area contributed by atoms with Crippen LogP contribution >= 0.6 is 0 Å². The van der Waals surface area contributed by atoms with Gasteiger partial charge in [-0.3, -0.25) is 0 Å². The van der Waals surface area contributed by atoms with Crippen molar-refractivity contribution in [1.29, 1.82) is 0 Å². The average molecular weight is 265 g/mol. The molecule has 0 radical (unpaired) electrons. The molecule has 106 valence electrons. The molecule has 4 heteroatoms. The molecule has 0 aliphatic heterocycles. The molecule has 1 aromatic rings. The Morgan fingerprint density at radius 2 is 2.21 bits per heavy atom. The molecule has 1 fully saturated rings. The largest absolute Gasteiger partial charge is 0.463 e. The Hall–Kier alpha value is -1.29. The first-order valence-electron chi connectivity index (χ1n) is 6.89. The van der Waals surface area contributed by atoms with Crippen LogP contribution in [0.4, 0.5) is 0 Å². The Morgan fingerprint density at radius 3 is 2.84 bits per heavy atom. The topological polar surface area (TPSA) is 65.5 Å². The lowest BCUT2D eigenvalue weighted by Crippen LogP contribution is -2.36. The SMILES string of the molecule is COC(=O)c1ccc(C(N)C2CCCCC2(C)C)o1. The van der Waals surface area contributed by atoms with E-state index in [1.54, 1.807) is 12.1 Å². The molecular weight excluding hydrogens is 242 g/mol. The van der Waals surface area contributed by atoms with Gasteiger partial charge in [-0.15, -0.1) is 0 Å². The Labute approximate surface area is 114 Å². The maximum absolute atomic E-state index is 11.4. The van der Waals surface area contributed by atoms with Crippen molar-refractivity contribution in [1.82, 2.24) is 0 Å². The van der Waals surface area contributed by atoms with Crippen molar-refractivity contribution in [2.75, 3.05) is 7.11 Å². The molecular formula is C15H23NO3. The van der Waals surface area contributed by atoms with E-state index in [4.69, 9.17) is 10.2 Å². The third kappa shape index (κ3) is 2.84. The van der Waals surface area contributed by atoms with Gasteiger partial charge in [0.2, 0.25) is 5.76 Å². The summed E-state index contributed by atoms with van der Waals surface area (Å²) in [4.78, 5) is 11.4. The zero-order valence-corrected chi connectivity index (χ0v) is 11.9. The van der Waals surface area contributed by atoms with Crippen LogP contribution in [-0.2, 0) is 4.74 Å². The number of rotatable bonds is 3. The first-order chi connectivity index (χ1) is 8.95. The molecule has 0 spiro atoms. The van der Waals surface area contributed by atoms with Gasteiger partial charge in [-0.05, 0) is 36.3 Å². The lowest BCUT2D eigenvalue weighted by Gasteiger charge is -2.41. The predicted molar refractivity (Wildman–Crippen MR) is 72.7 cm³/mol. The number of nitrogens with two attached hydrogens (primary N) is 1. The molecule has 0 saturated heterocycles. The first-order valence-corrected chi connectivity index (χ1v) is 6.89. The molecule has 1 saturated carbocycles. The molecule has 1 aliphatic rings. The number of hydrogen-bond donors (Lipinski definition) is 1. The highest BCUT2D eigenvalue weighted by atomic mass is 16.5. The van der Waals surface area contributed by atoms with Crippen LogP contribution in [-0.4, -0.2) is 13.1 Å². The number of carbonyl (C=O) groups excluding carboxylic acids is 1. The van der Waals surface area contributed by atoms with Crippen LogP contribution in [0.5, 0.6) is 0 Å². The van der Waals surface area contributed by atoms with Crippen LogP contribution in [0.25, 0.3) is 0 Å². The van der Waals surface area contributed by atoms with Crippen LogP contribution in [0.1, 0.15) is 61.9 Å². The summed E-state index contributed by atoms with van der Waals surface area (Å²) in [6.07, 6.45) is 4.78. The number of carbonyl (C=O) groups is 1. The van der Waals surface area contributed by atoms with E-state index in [0.29, 0.717) is 11.7 Å². The smallest absolute Gasteiger partial charge is 0.373 e. The van der Waals surface area contributed by atoms with E-state index in [1.807, 2.05) is 0 Å². The second-order valence-electron chi connectivity index (χ2n) is 6.06. The van der Waals surface area contributed by atoms with Crippen LogP contribution in [0, 0.1) is 11.3 Å². The van der Waals surface area contributed by atoms with Gasteiger partial charge in [0.25, 0.3) is 0 Å².